The van der Waals surface area contributed by atoms with Crippen molar-refractivity contribution in [3.63, 3.8) is 0 Å². The first-order valence-electron chi connectivity index (χ1n) is 9.91. The van der Waals surface area contributed by atoms with E-state index in [1.807, 2.05) is 18.2 Å². The molecule has 1 aromatic heterocycles. The van der Waals surface area contributed by atoms with Crippen LogP contribution in [0.25, 0.3) is 22.4 Å². The Bertz CT molecular complexity index is 975. The largest absolute Gasteiger partial charge is 0.360 e. The second-order valence-electron chi connectivity index (χ2n) is 7.68. The van der Waals surface area contributed by atoms with Gasteiger partial charge in [0.05, 0.1) is 6.54 Å². The molecule has 142 valence electrons. The van der Waals surface area contributed by atoms with Crippen LogP contribution >= 0.6 is 0 Å². The lowest BCUT2D eigenvalue weighted by molar-refractivity contribution is -0.122. The Morgan fingerprint density at radius 1 is 1.04 bits per heavy atom. The van der Waals surface area contributed by atoms with Gasteiger partial charge in [0.25, 0.3) is 0 Å². The number of nitrogens with zero attached hydrogens (tertiary/aromatic N) is 2. The minimum atomic E-state index is 0.121. The molecule has 1 N–H and O–H groups in total. The zero-order valence-electron chi connectivity index (χ0n) is 15.7. The SMILES string of the molecule is O=C(CN1CCc2onc(-c3ccc(-c4ccccc4)cc3)c2C1)NC1CC1. The first-order chi connectivity index (χ1) is 13.8. The van der Waals surface area contributed by atoms with E-state index in [-0.39, 0.29) is 5.91 Å². The molecule has 5 nitrogen and oxygen atoms in total. The van der Waals surface area contributed by atoms with Gasteiger partial charge in [-0.25, -0.2) is 0 Å². The van der Waals surface area contributed by atoms with Gasteiger partial charge in [0.1, 0.15) is 11.5 Å². The van der Waals surface area contributed by atoms with Gasteiger partial charge in [0.15, 0.2) is 0 Å². The maximum atomic E-state index is 12.1. The van der Waals surface area contributed by atoms with E-state index in [0.717, 1.165) is 48.4 Å². The predicted molar refractivity (Wildman–Crippen MR) is 108 cm³/mol. The standard InChI is InChI=1S/C23H23N3O2/c27-22(24-19-10-11-19)15-26-13-12-21-20(14-26)23(25-28-21)18-8-6-17(7-9-18)16-4-2-1-3-5-16/h1-9,19H,10-15H2,(H,24,27). The normalized spacial score (nSPS) is 16.6. The lowest BCUT2D eigenvalue weighted by Gasteiger charge is -2.25. The Kier molecular flexibility index (Phi) is 4.45. The number of aromatic nitrogens is 1. The molecule has 0 radical (unpaired) electrons. The monoisotopic (exact) mass is 373 g/mol. The molecule has 2 aliphatic rings. The second kappa shape index (κ2) is 7.24. The van der Waals surface area contributed by atoms with Crippen molar-refractivity contribution in [3.8, 4) is 22.4 Å². The Morgan fingerprint density at radius 3 is 2.50 bits per heavy atom. The summed E-state index contributed by atoms with van der Waals surface area (Å²) in [5.41, 5.74) is 5.43. The van der Waals surface area contributed by atoms with Crippen LogP contribution in [0.15, 0.2) is 59.1 Å². The van der Waals surface area contributed by atoms with Crippen LogP contribution in [0, 0.1) is 0 Å². The third kappa shape index (κ3) is 3.58. The summed E-state index contributed by atoms with van der Waals surface area (Å²) < 4.78 is 5.61. The second-order valence-corrected chi connectivity index (χ2v) is 7.68. The molecule has 2 aromatic carbocycles. The summed E-state index contributed by atoms with van der Waals surface area (Å²) in [4.78, 5) is 14.3. The van der Waals surface area contributed by atoms with Crippen LogP contribution in [0.2, 0.25) is 0 Å². The smallest absolute Gasteiger partial charge is 0.234 e. The summed E-state index contributed by atoms with van der Waals surface area (Å²) in [6.07, 6.45) is 3.02. The summed E-state index contributed by atoms with van der Waals surface area (Å²) in [6.45, 7) is 1.97. The number of benzene rings is 2. The number of fused-ring (bicyclic) bond motifs is 1. The summed E-state index contributed by atoms with van der Waals surface area (Å²) in [5, 5.41) is 7.41. The Hall–Kier alpha value is -2.92. The van der Waals surface area contributed by atoms with Crippen molar-refractivity contribution in [2.75, 3.05) is 13.1 Å². The van der Waals surface area contributed by atoms with Gasteiger partial charge in [-0.15, -0.1) is 0 Å². The number of carbonyl (C=O) groups excluding carboxylic acids is 1. The molecule has 1 aliphatic carbocycles. The van der Waals surface area contributed by atoms with E-state index < -0.39 is 0 Å². The van der Waals surface area contributed by atoms with Crippen LogP contribution in [-0.2, 0) is 17.8 Å². The number of carbonyl (C=O) groups is 1. The number of hydrogen-bond donors (Lipinski definition) is 1. The van der Waals surface area contributed by atoms with E-state index in [4.69, 9.17) is 4.52 Å². The molecule has 1 saturated carbocycles. The van der Waals surface area contributed by atoms with Crippen LogP contribution in [0.3, 0.4) is 0 Å². The van der Waals surface area contributed by atoms with Crippen LogP contribution in [0.5, 0.6) is 0 Å². The van der Waals surface area contributed by atoms with Gasteiger partial charge in [-0.2, -0.15) is 0 Å². The highest BCUT2D eigenvalue weighted by atomic mass is 16.5. The molecule has 3 aromatic rings. The molecule has 0 unspecified atom stereocenters. The molecule has 2 heterocycles. The van der Waals surface area contributed by atoms with E-state index in [9.17, 15) is 4.79 Å². The van der Waals surface area contributed by atoms with Crippen LogP contribution < -0.4 is 5.32 Å². The summed E-state index contributed by atoms with van der Waals surface area (Å²) >= 11 is 0. The van der Waals surface area contributed by atoms with E-state index in [1.165, 1.54) is 11.1 Å². The molecule has 1 aliphatic heterocycles. The fourth-order valence-corrected chi connectivity index (χ4v) is 3.78. The maximum Gasteiger partial charge on any atom is 0.234 e. The van der Waals surface area contributed by atoms with Crippen molar-refractivity contribution in [1.82, 2.24) is 15.4 Å². The van der Waals surface area contributed by atoms with Gasteiger partial charge in [-0.1, -0.05) is 59.8 Å². The Balaban J connectivity index is 1.33. The Morgan fingerprint density at radius 2 is 1.75 bits per heavy atom. The number of nitrogens with one attached hydrogen (secondary N) is 1. The van der Waals surface area contributed by atoms with E-state index in [1.54, 1.807) is 0 Å². The predicted octanol–water partition coefficient (Wildman–Crippen LogP) is 3.65. The highest BCUT2D eigenvalue weighted by molar-refractivity contribution is 5.78. The summed E-state index contributed by atoms with van der Waals surface area (Å²) in [7, 11) is 0. The highest BCUT2D eigenvalue weighted by Crippen LogP contribution is 2.31. The molecule has 1 amide bonds. The first-order valence-corrected chi connectivity index (χ1v) is 9.91. The quantitative estimate of drug-likeness (QED) is 0.742. The number of hydrogen-bond acceptors (Lipinski definition) is 4. The van der Waals surface area contributed by atoms with E-state index >= 15 is 0 Å². The molecular weight excluding hydrogens is 350 g/mol. The third-order valence-electron chi connectivity index (χ3n) is 5.48. The average molecular weight is 373 g/mol. The van der Waals surface area contributed by atoms with Crippen molar-refractivity contribution >= 4 is 5.91 Å². The molecule has 0 bridgehead atoms. The summed E-state index contributed by atoms with van der Waals surface area (Å²) in [6, 6.07) is 19.2. The number of amides is 1. The van der Waals surface area contributed by atoms with Gasteiger partial charge in [0.2, 0.25) is 5.91 Å². The van der Waals surface area contributed by atoms with Crippen molar-refractivity contribution in [2.24, 2.45) is 0 Å². The molecule has 28 heavy (non-hydrogen) atoms. The Labute approximate surface area is 164 Å². The van der Waals surface area contributed by atoms with Crippen molar-refractivity contribution < 1.29 is 9.32 Å². The van der Waals surface area contributed by atoms with Crippen LogP contribution in [0.4, 0.5) is 0 Å². The molecule has 0 saturated heterocycles. The summed E-state index contributed by atoms with van der Waals surface area (Å²) in [5.74, 6) is 1.07. The van der Waals surface area contributed by atoms with Gasteiger partial charge in [-0.3, -0.25) is 9.69 Å². The molecule has 0 atom stereocenters. The average Bonchev–Trinajstić information content (AvgIpc) is 3.44. The lowest BCUT2D eigenvalue weighted by atomic mass is 9.99. The minimum absolute atomic E-state index is 0.121. The topological polar surface area (TPSA) is 58.4 Å². The molecule has 0 spiro atoms. The fraction of sp³-hybridized carbons (Fsp3) is 0.304. The fourth-order valence-electron chi connectivity index (χ4n) is 3.78. The highest BCUT2D eigenvalue weighted by Gasteiger charge is 2.28. The van der Waals surface area contributed by atoms with Gasteiger partial charge < -0.3 is 9.84 Å². The lowest BCUT2D eigenvalue weighted by Crippen LogP contribution is -2.40. The minimum Gasteiger partial charge on any atom is -0.360 e. The molecule has 5 heteroatoms. The maximum absolute atomic E-state index is 12.1. The zero-order chi connectivity index (χ0) is 18.9. The van der Waals surface area contributed by atoms with Crippen LogP contribution in [0.1, 0.15) is 24.2 Å². The van der Waals surface area contributed by atoms with Crippen molar-refractivity contribution in [2.45, 2.75) is 31.8 Å². The van der Waals surface area contributed by atoms with Gasteiger partial charge in [0, 0.05) is 36.7 Å². The van der Waals surface area contributed by atoms with E-state index in [0.29, 0.717) is 19.1 Å². The molecular formula is C23H23N3O2. The van der Waals surface area contributed by atoms with Crippen molar-refractivity contribution in [3.05, 3.63) is 65.9 Å². The van der Waals surface area contributed by atoms with Gasteiger partial charge in [-0.05, 0) is 24.0 Å². The first kappa shape index (κ1) is 17.2. The molecule has 1 fully saturated rings. The number of rotatable bonds is 5. The van der Waals surface area contributed by atoms with E-state index in [2.05, 4.69) is 51.8 Å². The van der Waals surface area contributed by atoms with Gasteiger partial charge >= 0.3 is 0 Å². The zero-order valence-corrected chi connectivity index (χ0v) is 15.7. The van der Waals surface area contributed by atoms with Crippen molar-refractivity contribution in [1.29, 1.82) is 0 Å². The molecule has 5 rings (SSSR count). The third-order valence-corrected chi connectivity index (χ3v) is 5.48. The van der Waals surface area contributed by atoms with Crippen LogP contribution in [-0.4, -0.2) is 35.1 Å².